The fourth-order valence-electron chi connectivity index (χ4n) is 0.540. The van der Waals surface area contributed by atoms with E-state index < -0.39 is 5.97 Å². The molecule has 0 spiro atoms. The molecule has 1 N–H and O–H groups in total. The van der Waals surface area contributed by atoms with E-state index in [1.54, 1.807) is 0 Å². The van der Waals surface area contributed by atoms with Gasteiger partial charge in [-0.25, -0.2) is 0 Å². The van der Waals surface area contributed by atoms with Gasteiger partial charge in [0, 0.05) is 6.42 Å². The Morgan fingerprint density at radius 2 is 1.90 bits per heavy atom. The maximum atomic E-state index is 9.98. The molecule has 0 atom stereocenters. The van der Waals surface area contributed by atoms with Crippen LogP contribution in [0.4, 0.5) is 0 Å². The Kier molecular flexibility index (Phi) is 5.54. The second-order valence-corrected chi connectivity index (χ2v) is 3.13. The van der Waals surface area contributed by atoms with Crippen LogP contribution in [-0.4, -0.2) is 15.4 Å². The number of hydrogen-bond donors (Lipinski definition) is 1. The molecule has 0 fully saturated rings. The third-order valence-corrected chi connectivity index (χ3v) is 1.41. The zero-order valence-electron chi connectivity index (χ0n) is 5.47. The van der Waals surface area contributed by atoms with E-state index in [0.717, 1.165) is 6.42 Å². The lowest BCUT2D eigenvalue weighted by Gasteiger charge is -1.93. The number of hydrogen-bond acceptors (Lipinski definition) is 2. The third-order valence-electron chi connectivity index (χ3n) is 1.01. The molecule has 0 heterocycles. The van der Waals surface area contributed by atoms with E-state index in [2.05, 4.69) is 12.2 Å². The molecule has 0 aliphatic carbocycles. The predicted octanol–water partition coefficient (Wildman–Crippen LogP) is 2.20. The van der Waals surface area contributed by atoms with Crippen molar-refractivity contribution < 1.29 is 9.90 Å². The van der Waals surface area contributed by atoms with Gasteiger partial charge in [0.1, 0.15) is 0 Å². The van der Waals surface area contributed by atoms with Gasteiger partial charge in [-0.15, -0.1) is 0 Å². The minimum atomic E-state index is -0.763. The Morgan fingerprint density at radius 3 is 2.30 bits per heavy atom. The van der Waals surface area contributed by atoms with E-state index in [-0.39, 0.29) is 6.42 Å². The topological polar surface area (TPSA) is 37.3 Å². The smallest absolute Gasteiger partial charge is 0.303 e. The van der Waals surface area contributed by atoms with Crippen LogP contribution in [0.3, 0.4) is 0 Å². The molecular formula is C6H9ClO2S. The van der Waals surface area contributed by atoms with Crippen LogP contribution < -0.4 is 0 Å². The van der Waals surface area contributed by atoms with Crippen molar-refractivity contribution in [2.24, 2.45) is 0 Å². The number of carboxylic acids is 1. The highest BCUT2D eigenvalue weighted by atomic mass is 35.5. The fourth-order valence-corrected chi connectivity index (χ4v) is 0.818. The number of carbonyl (C=O) groups is 1. The molecule has 0 aliphatic heterocycles. The summed E-state index contributed by atoms with van der Waals surface area (Å²) in [5.74, 6) is -0.763. The van der Waals surface area contributed by atoms with Gasteiger partial charge in [-0.3, -0.25) is 4.79 Å². The lowest BCUT2D eigenvalue weighted by atomic mass is 10.2. The summed E-state index contributed by atoms with van der Waals surface area (Å²) < 4.78 is 0.436. The van der Waals surface area contributed by atoms with E-state index in [9.17, 15) is 4.79 Å². The van der Waals surface area contributed by atoms with Crippen molar-refractivity contribution >= 4 is 34.1 Å². The molecule has 0 saturated heterocycles. The second-order valence-electron chi connectivity index (χ2n) is 1.96. The van der Waals surface area contributed by atoms with Gasteiger partial charge in [-0.1, -0.05) is 23.8 Å². The summed E-state index contributed by atoms with van der Waals surface area (Å²) in [6.07, 6.45) is 2.28. The number of rotatable bonds is 5. The Bertz CT molecular complexity index is 120. The lowest BCUT2D eigenvalue weighted by molar-refractivity contribution is -0.137. The normalized spacial score (nSPS) is 9.30. The number of unbranched alkanes of at least 4 members (excludes halogenated alkanes) is 1. The molecular weight excluding hydrogens is 172 g/mol. The molecule has 0 amide bonds. The largest absolute Gasteiger partial charge is 0.481 e. The van der Waals surface area contributed by atoms with Gasteiger partial charge in [0.05, 0.1) is 4.32 Å². The number of halogens is 1. The molecule has 0 saturated carbocycles. The molecule has 0 aromatic heterocycles. The van der Waals surface area contributed by atoms with Crippen LogP contribution in [0.25, 0.3) is 0 Å². The van der Waals surface area contributed by atoms with Gasteiger partial charge in [0.15, 0.2) is 0 Å². The van der Waals surface area contributed by atoms with Gasteiger partial charge < -0.3 is 5.11 Å². The van der Waals surface area contributed by atoms with Crippen molar-refractivity contribution in [3.63, 3.8) is 0 Å². The van der Waals surface area contributed by atoms with Crippen LogP contribution in [0.15, 0.2) is 0 Å². The Hall–Kier alpha value is -0.150. The summed E-state index contributed by atoms with van der Waals surface area (Å²) >= 11 is 9.97. The van der Waals surface area contributed by atoms with E-state index in [1.807, 2.05) is 0 Å². The molecule has 0 aliphatic rings. The first-order valence-electron chi connectivity index (χ1n) is 3.03. The van der Waals surface area contributed by atoms with E-state index in [0.29, 0.717) is 17.2 Å². The minimum Gasteiger partial charge on any atom is -0.481 e. The first-order chi connectivity index (χ1) is 4.63. The van der Waals surface area contributed by atoms with E-state index in [4.69, 9.17) is 16.7 Å². The maximum absolute atomic E-state index is 9.98. The average Bonchev–Trinajstić information content (AvgIpc) is 1.79. The second kappa shape index (κ2) is 5.62. The Morgan fingerprint density at radius 1 is 1.40 bits per heavy atom. The Labute approximate surface area is 70.2 Å². The van der Waals surface area contributed by atoms with E-state index in [1.165, 1.54) is 0 Å². The summed E-state index contributed by atoms with van der Waals surface area (Å²) in [5.41, 5.74) is 0. The maximum Gasteiger partial charge on any atom is 0.303 e. The highest BCUT2D eigenvalue weighted by Crippen LogP contribution is 2.03. The number of carboxylic acid groups (broad SMARTS) is 1. The molecule has 58 valence electrons. The van der Waals surface area contributed by atoms with Gasteiger partial charge in [0.25, 0.3) is 0 Å². The van der Waals surface area contributed by atoms with Crippen molar-refractivity contribution in [2.75, 3.05) is 0 Å². The Balaban J connectivity index is 3.06. The zero-order chi connectivity index (χ0) is 7.98. The first-order valence-corrected chi connectivity index (χ1v) is 3.81. The average molecular weight is 181 g/mol. The summed E-state index contributed by atoms with van der Waals surface area (Å²) in [4.78, 5) is 9.98. The van der Waals surface area contributed by atoms with Crippen molar-refractivity contribution in [3.8, 4) is 0 Å². The molecule has 0 aromatic carbocycles. The van der Waals surface area contributed by atoms with Crippen LogP contribution >= 0.6 is 23.8 Å². The number of thiocarbonyl (C=S) groups is 1. The van der Waals surface area contributed by atoms with Gasteiger partial charge in [0.2, 0.25) is 0 Å². The van der Waals surface area contributed by atoms with Crippen molar-refractivity contribution in [3.05, 3.63) is 0 Å². The van der Waals surface area contributed by atoms with Gasteiger partial charge in [-0.2, -0.15) is 0 Å². The lowest BCUT2D eigenvalue weighted by Crippen LogP contribution is -1.94. The van der Waals surface area contributed by atoms with Crippen molar-refractivity contribution in [2.45, 2.75) is 25.7 Å². The SMILES string of the molecule is O=C(O)CCCCC(=S)Cl. The standard InChI is InChI=1S/C6H9ClO2S/c7-5(10)3-1-2-4-6(8)9/h1-4H2,(H,8,9). The van der Waals surface area contributed by atoms with Crippen LogP contribution in [0, 0.1) is 0 Å². The molecule has 0 unspecified atom stereocenters. The third kappa shape index (κ3) is 7.85. The van der Waals surface area contributed by atoms with Crippen LogP contribution in [0.5, 0.6) is 0 Å². The van der Waals surface area contributed by atoms with Gasteiger partial charge >= 0.3 is 5.97 Å². The summed E-state index contributed by atoms with van der Waals surface area (Å²) in [6.45, 7) is 0. The monoisotopic (exact) mass is 180 g/mol. The quantitative estimate of drug-likeness (QED) is 0.401. The molecule has 0 aromatic rings. The van der Waals surface area contributed by atoms with E-state index >= 15 is 0 Å². The number of aliphatic carboxylic acids is 1. The summed E-state index contributed by atoms with van der Waals surface area (Å²) in [6, 6.07) is 0. The molecule has 0 radical (unpaired) electrons. The first kappa shape index (κ1) is 9.85. The van der Waals surface area contributed by atoms with Crippen molar-refractivity contribution in [1.29, 1.82) is 0 Å². The highest BCUT2D eigenvalue weighted by Gasteiger charge is 1.96. The highest BCUT2D eigenvalue weighted by molar-refractivity contribution is 7.83. The summed E-state index contributed by atoms with van der Waals surface area (Å²) in [7, 11) is 0. The minimum absolute atomic E-state index is 0.208. The van der Waals surface area contributed by atoms with Crippen LogP contribution in [-0.2, 0) is 4.79 Å². The fraction of sp³-hybridized carbons (Fsp3) is 0.667. The molecule has 10 heavy (non-hydrogen) atoms. The van der Waals surface area contributed by atoms with Gasteiger partial charge in [-0.05, 0) is 19.3 Å². The molecule has 4 heteroatoms. The molecule has 0 rings (SSSR count). The van der Waals surface area contributed by atoms with Crippen LogP contribution in [0.2, 0.25) is 0 Å². The molecule has 2 nitrogen and oxygen atoms in total. The summed E-state index contributed by atoms with van der Waals surface area (Å²) in [5, 5.41) is 8.21. The van der Waals surface area contributed by atoms with Crippen molar-refractivity contribution in [1.82, 2.24) is 0 Å². The predicted molar refractivity (Wildman–Crippen MR) is 44.6 cm³/mol. The zero-order valence-corrected chi connectivity index (χ0v) is 7.04. The molecule has 0 bridgehead atoms. The van der Waals surface area contributed by atoms with Crippen LogP contribution in [0.1, 0.15) is 25.7 Å².